The Bertz CT molecular complexity index is 214. The zero-order valence-electron chi connectivity index (χ0n) is 9.21. The molecule has 0 aromatic carbocycles. The Morgan fingerprint density at radius 1 is 1.21 bits per heavy atom. The SMILES string of the molecule is CCC(=O)C(CC)C(=O)C1CCCC1. The van der Waals surface area contributed by atoms with Gasteiger partial charge in [-0.2, -0.15) is 0 Å². The second kappa shape index (κ2) is 5.28. The van der Waals surface area contributed by atoms with Crippen molar-refractivity contribution in [3.8, 4) is 0 Å². The molecular weight excluding hydrogens is 176 g/mol. The molecule has 2 heteroatoms. The minimum atomic E-state index is -0.303. The van der Waals surface area contributed by atoms with Crippen LogP contribution >= 0.6 is 0 Å². The zero-order valence-corrected chi connectivity index (χ0v) is 9.21. The highest BCUT2D eigenvalue weighted by Gasteiger charge is 2.31. The lowest BCUT2D eigenvalue weighted by atomic mass is 9.86. The lowest BCUT2D eigenvalue weighted by molar-refractivity contribution is -0.135. The van der Waals surface area contributed by atoms with Crippen molar-refractivity contribution in [1.29, 1.82) is 0 Å². The van der Waals surface area contributed by atoms with Crippen LogP contribution < -0.4 is 0 Å². The molecule has 0 aromatic heterocycles. The number of hydrogen-bond acceptors (Lipinski definition) is 2. The summed E-state index contributed by atoms with van der Waals surface area (Å²) in [5, 5.41) is 0. The van der Waals surface area contributed by atoms with E-state index in [0.717, 1.165) is 25.7 Å². The molecule has 0 heterocycles. The Hall–Kier alpha value is -0.660. The largest absolute Gasteiger partial charge is 0.299 e. The topological polar surface area (TPSA) is 34.1 Å². The van der Waals surface area contributed by atoms with Crippen LogP contribution in [0.5, 0.6) is 0 Å². The molecule has 0 spiro atoms. The van der Waals surface area contributed by atoms with E-state index < -0.39 is 0 Å². The summed E-state index contributed by atoms with van der Waals surface area (Å²) in [4.78, 5) is 23.5. The molecule has 80 valence electrons. The van der Waals surface area contributed by atoms with Crippen molar-refractivity contribution in [2.75, 3.05) is 0 Å². The van der Waals surface area contributed by atoms with E-state index in [4.69, 9.17) is 0 Å². The third-order valence-electron chi connectivity index (χ3n) is 3.25. The summed E-state index contributed by atoms with van der Waals surface area (Å²) in [6.07, 6.45) is 5.51. The highest BCUT2D eigenvalue weighted by atomic mass is 16.2. The summed E-state index contributed by atoms with van der Waals surface area (Å²) in [6, 6.07) is 0. The first-order chi connectivity index (χ1) is 6.70. The zero-order chi connectivity index (χ0) is 10.6. The van der Waals surface area contributed by atoms with E-state index in [1.165, 1.54) is 0 Å². The Labute approximate surface area is 86.1 Å². The van der Waals surface area contributed by atoms with E-state index in [1.807, 2.05) is 13.8 Å². The fourth-order valence-corrected chi connectivity index (χ4v) is 2.33. The fourth-order valence-electron chi connectivity index (χ4n) is 2.33. The standard InChI is InChI=1S/C12H20O2/c1-3-10(11(13)4-2)12(14)9-7-5-6-8-9/h9-10H,3-8H2,1-2H3. The molecule has 1 atom stereocenters. The van der Waals surface area contributed by atoms with Gasteiger partial charge in [0.2, 0.25) is 0 Å². The van der Waals surface area contributed by atoms with Gasteiger partial charge in [0.15, 0.2) is 0 Å². The highest BCUT2D eigenvalue weighted by molar-refractivity contribution is 6.03. The number of hydrogen-bond donors (Lipinski definition) is 0. The van der Waals surface area contributed by atoms with Gasteiger partial charge in [-0.3, -0.25) is 9.59 Å². The molecule has 1 aliphatic carbocycles. The molecule has 14 heavy (non-hydrogen) atoms. The van der Waals surface area contributed by atoms with Crippen molar-refractivity contribution < 1.29 is 9.59 Å². The van der Waals surface area contributed by atoms with Crippen molar-refractivity contribution >= 4 is 11.6 Å². The van der Waals surface area contributed by atoms with Crippen LogP contribution in [-0.4, -0.2) is 11.6 Å². The minimum absolute atomic E-state index is 0.129. The molecule has 0 N–H and O–H groups in total. The number of rotatable bonds is 5. The van der Waals surface area contributed by atoms with Gasteiger partial charge >= 0.3 is 0 Å². The lowest BCUT2D eigenvalue weighted by Gasteiger charge is -2.15. The van der Waals surface area contributed by atoms with Crippen LogP contribution in [0.3, 0.4) is 0 Å². The first-order valence-electron chi connectivity index (χ1n) is 5.77. The van der Waals surface area contributed by atoms with Gasteiger partial charge in [0.05, 0.1) is 5.92 Å². The van der Waals surface area contributed by atoms with E-state index in [2.05, 4.69) is 0 Å². The summed E-state index contributed by atoms with van der Waals surface area (Å²) in [5.41, 5.74) is 0. The number of carbonyl (C=O) groups excluding carboxylic acids is 2. The van der Waals surface area contributed by atoms with E-state index in [1.54, 1.807) is 0 Å². The van der Waals surface area contributed by atoms with Crippen LogP contribution in [0.15, 0.2) is 0 Å². The Morgan fingerprint density at radius 3 is 2.21 bits per heavy atom. The molecule has 0 saturated heterocycles. The highest BCUT2D eigenvalue weighted by Crippen LogP contribution is 2.29. The third-order valence-corrected chi connectivity index (χ3v) is 3.25. The molecule has 0 aromatic rings. The monoisotopic (exact) mass is 196 g/mol. The van der Waals surface area contributed by atoms with Crippen LogP contribution in [0.1, 0.15) is 52.4 Å². The van der Waals surface area contributed by atoms with Crippen LogP contribution in [0.4, 0.5) is 0 Å². The van der Waals surface area contributed by atoms with Crippen molar-refractivity contribution in [2.24, 2.45) is 11.8 Å². The van der Waals surface area contributed by atoms with Crippen LogP contribution in [0, 0.1) is 11.8 Å². The first kappa shape index (κ1) is 11.4. The van der Waals surface area contributed by atoms with E-state index in [9.17, 15) is 9.59 Å². The molecule has 1 saturated carbocycles. The summed E-state index contributed by atoms with van der Waals surface area (Å²) < 4.78 is 0. The second-order valence-corrected chi connectivity index (χ2v) is 4.16. The average Bonchev–Trinajstić information content (AvgIpc) is 2.71. The van der Waals surface area contributed by atoms with Crippen molar-refractivity contribution in [3.05, 3.63) is 0 Å². The molecule has 0 amide bonds. The summed E-state index contributed by atoms with van der Waals surface area (Å²) >= 11 is 0. The normalized spacial score (nSPS) is 19.6. The van der Waals surface area contributed by atoms with Gasteiger partial charge in [-0.15, -0.1) is 0 Å². The predicted molar refractivity (Wildman–Crippen MR) is 56.0 cm³/mol. The van der Waals surface area contributed by atoms with Gasteiger partial charge in [0.25, 0.3) is 0 Å². The number of carbonyl (C=O) groups is 2. The van der Waals surface area contributed by atoms with Gasteiger partial charge in [-0.1, -0.05) is 26.7 Å². The van der Waals surface area contributed by atoms with Gasteiger partial charge in [-0.05, 0) is 19.3 Å². The fraction of sp³-hybridized carbons (Fsp3) is 0.833. The van der Waals surface area contributed by atoms with E-state index in [-0.39, 0.29) is 23.4 Å². The third kappa shape index (κ3) is 2.43. The van der Waals surface area contributed by atoms with Gasteiger partial charge in [0, 0.05) is 12.3 Å². The van der Waals surface area contributed by atoms with Gasteiger partial charge in [-0.25, -0.2) is 0 Å². The van der Waals surface area contributed by atoms with E-state index in [0.29, 0.717) is 12.8 Å². The predicted octanol–water partition coefficient (Wildman–Crippen LogP) is 2.75. The van der Waals surface area contributed by atoms with Crippen molar-refractivity contribution in [3.63, 3.8) is 0 Å². The number of Topliss-reactive ketones (excluding diaryl/α,β-unsaturated/α-hetero) is 2. The molecule has 1 unspecified atom stereocenters. The van der Waals surface area contributed by atoms with Crippen LogP contribution in [0.25, 0.3) is 0 Å². The van der Waals surface area contributed by atoms with Crippen LogP contribution in [0.2, 0.25) is 0 Å². The van der Waals surface area contributed by atoms with Crippen molar-refractivity contribution in [1.82, 2.24) is 0 Å². The number of ketones is 2. The molecule has 1 aliphatic rings. The molecule has 0 bridgehead atoms. The lowest BCUT2D eigenvalue weighted by Crippen LogP contribution is -2.27. The average molecular weight is 196 g/mol. The molecule has 0 radical (unpaired) electrons. The molecule has 1 fully saturated rings. The minimum Gasteiger partial charge on any atom is -0.299 e. The Kier molecular flexibility index (Phi) is 4.30. The smallest absolute Gasteiger partial charge is 0.146 e. The molecule has 0 aliphatic heterocycles. The molecular formula is C12H20O2. The summed E-state index contributed by atoms with van der Waals surface area (Å²) in [5.74, 6) is 0.236. The van der Waals surface area contributed by atoms with Gasteiger partial charge in [0.1, 0.15) is 11.6 Å². The maximum absolute atomic E-state index is 12.0. The first-order valence-corrected chi connectivity index (χ1v) is 5.77. The quantitative estimate of drug-likeness (QED) is 0.633. The summed E-state index contributed by atoms with van der Waals surface area (Å²) in [6.45, 7) is 3.78. The molecule has 1 rings (SSSR count). The van der Waals surface area contributed by atoms with Gasteiger partial charge < -0.3 is 0 Å². The Balaban J connectivity index is 2.59. The van der Waals surface area contributed by atoms with E-state index >= 15 is 0 Å². The van der Waals surface area contributed by atoms with Crippen molar-refractivity contribution in [2.45, 2.75) is 52.4 Å². The van der Waals surface area contributed by atoms with Crippen LogP contribution in [-0.2, 0) is 9.59 Å². The molecule has 2 nitrogen and oxygen atoms in total. The summed E-state index contributed by atoms with van der Waals surface area (Å²) in [7, 11) is 0. The Morgan fingerprint density at radius 2 is 1.79 bits per heavy atom. The maximum atomic E-state index is 12.0. The second-order valence-electron chi connectivity index (χ2n) is 4.16. The maximum Gasteiger partial charge on any atom is 0.146 e.